The van der Waals surface area contributed by atoms with Crippen molar-refractivity contribution in [3.05, 3.63) is 199 Å². The molecule has 68 heavy (non-hydrogen) atoms. The van der Waals surface area contributed by atoms with Crippen LogP contribution in [0.15, 0.2) is 176 Å². The van der Waals surface area contributed by atoms with Gasteiger partial charge in [0.05, 0.1) is 40.3 Å². The predicted octanol–water partition coefficient (Wildman–Crippen LogP) is 16.1. The van der Waals surface area contributed by atoms with E-state index in [9.17, 15) is 8.22 Å². The molecule has 10 rings (SSSR count). The van der Waals surface area contributed by atoms with Gasteiger partial charge in [-0.2, -0.15) is 0 Å². The molecule has 0 fully saturated rings. The zero-order valence-electron chi connectivity index (χ0n) is 51.1. The maximum atomic E-state index is 9.49. The Labute approximate surface area is 417 Å². The monoisotopic (exact) mass is 902 g/mol. The molecular weight excluding hydrogens is 829 g/mol. The first-order valence-electron chi connectivity index (χ1n) is 28.5. The van der Waals surface area contributed by atoms with Crippen molar-refractivity contribution < 1.29 is 24.4 Å². The Morgan fingerprint density at radius 1 is 0.559 bits per heavy atom. The molecule has 0 spiro atoms. The van der Waals surface area contributed by atoms with Gasteiger partial charge in [-0.3, -0.25) is 13.7 Å². The molecule has 3 aromatic heterocycles. The third-order valence-corrected chi connectivity index (χ3v) is 11.3. The van der Waals surface area contributed by atoms with E-state index < -0.39 is 65.6 Å². The van der Waals surface area contributed by atoms with Crippen LogP contribution in [0.2, 0.25) is 0 Å². The Bertz CT molecular complexity index is 3990. The molecule has 0 saturated carbocycles. The van der Waals surface area contributed by atoms with Gasteiger partial charge in [0, 0.05) is 31.3 Å². The number of rotatable bonds is 10. The van der Waals surface area contributed by atoms with E-state index in [1.165, 1.54) is 0 Å². The fourth-order valence-electron chi connectivity index (χ4n) is 8.95. The Balaban J connectivity index is 1.16. The summed E-state index contributed by atoms with van der Waals surface area (Å²) in [6, 6.07) is 40.6. The van der Waals surface area contributed by atoms with E-state index in [0.29, 0.717) is 56.4 Å². The number of aromatic nitrogens is 4. The molecule has 0 saturated heterocycles. The maximum Gasteiger partial charge on any atom is 0.269 e. The lowest BCUT2D eigenvalue weighted by atomic mass is 9.82. The highest BCUT2D eigenvalue weighted by Crippen LogP contribution is 2.39. The number of hydrogen-bond acceptors (Lipinski definition) is 2. The third-order valence-electron chi connectivity index (χ3n) is 11.3. The highest BCUT2D eigenvalue weighted by atomic mass is 16.5. The van der Waals surface area contributed by atoms with Gasteiger partial charge >= 0.3 is 0 Å². The molecule has 0 unspecified atom stereocenters. The van der Waals surface area contributed by atoms with E-state index in [2.05, 4.69) is 12.4 Å². The van der Waals surface area contributed by atoms with Crippen LogP contribution in [-0.2, 0) is 19.1 Å². The Morgan fingerprint density at radius 2 is 1.18 bits per heavy atom. The molecule has 340 valence electrons. The van der Waals surface area contributed by atoms with E-state index in [1.54, 1.807) is 88.7 Å². The van der Waals surface area contributed by atoms with Crippen molar-refractivity contribution in [3.8, 4) is 50.9 Å². The molecule has 0 radical (unpaired) electrons. The first kappa shape index (κ1) is 33.3. The van der Waals surface area contributed by atoms with Gasteiger partial charge in [0.15, 0.2) is 0 Å². The minimum absolute atomic E-state index is 0.0484. The molecule has 5 heteroatoms. The topological polar surface area (TPSA) is 35.9 Å². The molecule has 0 aliphatic heterocycles. The second-order valence-corrected chi connectivity index (χ2v) is 20.4. The predicted molar refractivity (Wildman–Crippen MR) is 283 cm³/mol. The molecule has 0 bridgehead atoms. The Hall–Kier alpha value is -7.24. The average Bonchev–Trinajstić information content (AvgIpc) is 3.95. The van der Waals surface area contributed by atoms with Crippen molar-refractivity contribution >= 4 is 32.8 Å². The fraction of sp³-hybridized carbons (Fsp3) is 0.238. The molecule has 0 aliphatic rings. The molecule has 5 nitrogen and oxygen atoms in total. The summed E-state index contributed by atoms with van der Waals surface area (Å²) >= 11 is 0. The minimum Gasteiger partial charge on any atom is -0.458 e. The van der Waals surface area contributed by atoms with Gasteiger partial charge in [-0.15, -0.1) is 0 Å². The summed E-state index contributed by atoms with van der Waals surface area (Å²) in [4.78, 5) is 4.77. The third kappa shape index (κ3) is 9.35. The molecular formula is C63H62N4O. The van der Waals surface area contributed by atoms with Crippen molar-refractivity contribution in [2.24, 2.45) is 16.2 Å². The summed E-state index contributed by atoms with van der Waals surface area (Å²) in [6.07, 6.45) is -0.310. The van der Waals surface area contributed by atoms with E-state index in [0.717, 1.165) is 21.8 Å². The molecule has 7 aromatic carbocycles. The molecule has 0 N–H and O–H groups in total. The highest BCUT2D eigenvalue weighted by Gasteiger charge is 2.23. The zero-order chi connectivity index (χ0) is 57.1. The number of hydrogen-bond donors (Lipinski definition) is 0. The van der Waals surface area contributed by atoms with Gasteiger partial charge in [-0.1, -0.05) is 177 Å². The fourth-order valence-corrected chi connectivity index (χ4v) is 8.95. The zero-order valence-corrected chi connectivity index (χ0v) is 40.1. The van der Waals surface area contributed by atoms with Gasteiger partial charge in [0.1, 0.15) is 17.3 Å². The summed E-state index contributed by atoms with van der Waals surface area (Å²) in [7, 11) is 0. The largest absolute Gasteiger partial charge is 0.458 e. The van der Waals surface area contributed by atoms with Crippen molar-refractivity contribution in [3.63, 3.8) is 0 Å². The normalized spacial score (nSPS) is 15.3. The van der Waals surface area contributed by atoms with Crippen LogP contribution in [0.4, 0.5) is 0 Å². The lowest BCUT2D eigenvalue weighted by Crippen LogP contribution is -2.31. The number of nitrogens with zero attached hydrogens (tertiary/aromatic N) is 4. The first-order valence-corrected chi connectivity index (χ1v) is 23.0. The van der Waals surface area contributed by atoms with Crippen molar-refractivity contribution in [2.45, 2.75) is 81.4 Å². The quantitative estimate of drug-likeness (QED) is 0.101. The smallest absolute Gasteiger partial charge is 0.269 e. The number of imidazole rings is 1. The van der Waals surface area contributed by atoms with Crippen LogP contribution in [0.1, 0.15) is 94.1 Å². The highest BCUT2D eigenvalue weighted by molar-refractivity contribution is 6.09. The summed E-state index contributed by atoms with van der Waals surface area (Å²) in [5, 5.41) is 1.97. The van der Waals surface area contributed by atoms with Crippen LogP contribution in [0.25, 0.3) is 72.3 Å². The number of pyridine rings is 1. The van der Waals surface area contributed by atoms with Gasteiger partial charge in [-0.05, 0) is 123 Å². The number of benzene rings is 7. The summed E-state index contributed by atoms with van der Waals surface area (Å²) < 4.78 is 113. The molecule has 3 heterocycles. The van der Waals surface area contributed by atoms with E-state index in [-0.39, 0.29) is 22.3 Å². The van der Waals surface area contributed by atoms with Crippen molar-refractivity contribution in [2.75, 3.05) is 0 Å². The summed E-state index contributed by atoms with van der Waals surface area (Å²) in [6.45, 7) is 16.5. The van der Waals surface area contributed by atoms with Gasteiger partial charge < -0.3 is 4.74 Å². The van der Waals surface area contributed by atoms with Gasteiger partial charge in [0.2, 0.25) is 0 Å². The first-order chi connectivity index (χ1) is 36.9. The number of para-hydroxylation sites is 4. The van der Waals surface area contributed by atoms with Crippen LogP contribution < -0.4 is 9.30 Å². The van der Waals surface area contributed by atoms with Crippen LogP contribution in [-0.4, -0.2) is 14.1 Å². The lowest BCUT2D eigenvalue weighted by Gasteiger charge is -2.23. The molecule has 0 aliphatic carbocycles. The van der Waals surface area contributed by atoms with Crippen molar-refractivity contribution in [1.82, 2.24) is 14.1 Å². The van der Waals surface area contributed by atoms with Gasteiger partial charge in [-0.25, -0.2) is 4.98 Å². The van der Waals surface area contributed by atoms with Crippen molar-refractivity contribution in [1.29, 1.82) is 0 Å². The molecule has 0 amide bonds. The van der Waals surface area contributed by atoms with E-state index >= 15 is 0 Å². The Kier molecular flexibility index (Phi) is 8.53. The molecule has 0 atom stereocenters. The van der Waals surface area contributed by atoms with Crippen LogP contribution in [0, 0.1) is 22.6 Å². The standard InChI is InChI=1S/C63H62N4O/c1-61(2,3)39-43-31-32-64-59(36-43)67-55-26-14-13-23-53(55)54-30-29-50(38-58(54)67)68-49-22-17-21-48(37-49)65-42-66(57-28-16-15-27-56(57)65)60-51(46-19-11-10-12-20-46)24-18-25-52(60)47-34-44(40-62(4,5)6)33-45(35-47)41-63(7,8)9/h10-38H,39-41H2,1-9H3/i10D,11D,12D,19D,20D,39D2,40D2,41D2. The number of ether oxygens (including phenoxy) is 1. The number of fused-ring (bicyclic) bond motifs is 4. The lowest BCUT2D eigenvalue weighted by molar-refractivity contribution is -0.571. The molecule has 10 aromatic rings. The maximum absolute atomic E-state index is 9.49. The Morgan fingerprint density at radius 3 is 1.90 bits per heavy atom. The van der Waals surface area contributed by atoms with E-state index in [4.69, 9.17) is 16.6 Å². The minimum atomic E-state index is -1.95. The average molecular weight is 902 g/mol. The summed E-state index contributed by atoms with van der Waals surface area (Å²) in [5.41, 5.74) is 3.79. The van der Waals surface area contributed by atoms with Gasteiger partial charge in [0.25, 0.3) is 6.33 Å². The summed E-state index contributed by atoms with van der Waals surface area (Å²) in [5.74, 6) is 1.61. The van der Waals surface area contributed by atoms with Crippen LogP contribution >= 0.6 is 0 Å². The SMILES string of the molecule is [2H]c1c([2H])c([2H])c(-c2cccc(-c3cc(C([2H])([2H])C(C)(C)C)cc(C([2H])([2H])C(C)(C)C)c3)c2-[n+]2[c-]n(-c3cccc(Oc4ccc5c6ccccc6n(-c6cc(C([2H])([2H])C(C)(C)C)ccn6)c5c4)c3)c3ccccc32)c([2H])c1[2H]. The van der Waals surface area contributed by atoms with Crippen LogP contribution in [0.3, 0.4) is 0 Å². The second-order valence-electron chi connectivity index (χ2n) is 20.4. The second kappa shape index (κ2) is 17.4. The van der Waals surface area contributed by atoms with Crippen LogP contribution in [0.5, 0.6) is 11.5 Å². The van der Waals surface area contributed by atoms with E-state index in [1.807, 2.05) is 127 Å².